The summed E-state index contributed by atoms with van der Waals surface area (Å²) in [6.45, 7) is 2.31. The summed E-state index contributed by atoms with van der Waals surface area (Å²) in [6.07, 6.45) is 5.05. The Bertz CT molecular complexity index is 450. The van der Waals surface area contributed by atoms with Gasteiger partial charge in [0.15, 0.2) is 0 Å². The summed E-state index contributed by atoms with van der Waals surface area (Å²) < 4.78 is 5.34. The number of nitrogens with zero attached hydrogens (tertiary/aromatic N) is 1. The Balaban J connectivity index is 2.11. The van der Waals surface area contributed by atoms with E-state index >= 15 is 0 Å². The van der Waals surface area contributed by atoms with Crippen LogP contribution in [0.4, 0.5) is 5.69 Å². The lowest BCUT2D eigenvalue weighted by Crippen LogP contribution is -2.26. The summed E-state index contributed by atoms with van der Waals surface area (Å²) >= 11 is 0. The average molecular weight is 244 g/mol. The molecule has 18 heavy (non-hydrogen) atoms. The lowest BCUT2D eigenvalue weighted by molar-refractivity contribution is 0.357. The van der Waals surface area contributed by atoms with Crippen molar-refractivity contribution in [3.63, 3.8) is 0 Å². The number of hydrogen-bond acceptors (Lipinski definition) is 3. The Morgan fingerprint density at radius 3 is 2.89 bits per heavy atom. The van der Waals surface area contributed by atoms with Crippen LogP contribution in [0, 0.1) is 17.2 Å². The van der Waals surface area contributed by atoms with E-state index in [9.17, 15) is 0 Å². The van der Waals surface area contributed by atoms with Gasteiger partial charge >= 0.3 is 0 Å². The van der Waals surface area contributed by atoms with Gasteiger partial charge in [0.1, 0.15) is 5.75 Å². The number of ether oxygens (including phenoxy) is 1. The molecule has 1 aliphatic rings. The number of hydrogen-bond donors (Lipinski definition) is 1. The highest BCUT2D eigenvalue weighted by molar-refractivity contribution is 5.59. The first-order valence-electron chi connectivity index (χ1n) is 6.57. The van der Waals surface area contributed by atoms with Crippen molar-refractivity contribution in [1.82, 2.24) is 0 Å². The van der Waals surface area contributed by atoms with Crippen molar-refractivity contribution in [3.8, 4) is 11.8 Å². The largest absolute Gasteiger partial charge is 0.495 e. The van der Waals surface area contributed by atoms with Gasteiger partial charge in [-0.15, -0.1) is 0 Å². The van der Waals surface area contributed by atoms with Crippen molar-refractivity contribution in [1.29, 1.82) is 5.26 Å². The first kappa shape index (κ1) is 12.8. The van der Waals surface area contributed by atoms with E-state index in [1.807, 2.05) is 12.1 Å². The fourth-order valence-electron chi connectivity index (χ4n) is 2.67. The van der Waals surface area contributed by atoms with Gasteiger partial charge in [-0.1, -0.05) is 19.8 Å². The highest BCUT2D eigenvalue weighted by Gasteiger charge is 2.19. The van der Waals surface area contributed by atoms with Crippen molar-refractivity contribution in [2.75, 3.05) is 12.4 Å². The van der Waals surface area contributed by atoms with Crippen LogP contribution in [0.5, 0.6) is 5.75 Å². The quantitative estimate of drug-likeness (QED) is 0.884. The number of rotatable bonds is 3. The summed E-state index contributed by atoms with van der Waals surface area (Å²) in [5, 5.41) is 12.4. The summed E-state index contributed by atoms with van der Waals surface area (Å²) in [5.41, 5.74) is 1.63. The Labute approximate surface area is 109 Å². The molecule has 96 valence electrons. The molecular weight excluding hydrogens is 224 g/mol. The standard InChI is InChI=1S/C15H20N2O/c1-11-4-3-5-13(8-11)17-14-7-6-12(10-16)9-15(14)18-2/h6-7,9,11,13,17H,3-5,8H2,1-2H3. The van der Waals surface area contributed by atoms with Crippen LogP contribution in [0.3, 0.4) is 0 Å². The lowest BCUT2D eigenvalue weighted by Gasteiger charge is -2.28. The van der Waals surface area contributed by atoms with Crippen molar-refractivity contribution in [2.24, 2.45) is 5.92 Å². The molecule has 3 nitrogen and oxygen atoms in total. The highest BCUT2D eigenvalue weighted by atomic mass is 16.5. The zero-order valence-electron chi connectivity index (χ0n) is 11.1. The van der Waals surface area contributed by atoms with Crippen molar-refractivity contribution >= 4 is 5.69 Å². The van der Waals surface area contributed by atoms with E-state index < -0.39 is 0 Å². The van der Waals surface area contributed by atoms with E-state index in [0.717, 1.165) is 17.4 Å². The summed E-state index contributed by atoms with van der Waals surface area (Å²) in [4.78, 5) is 0. The Kier molecular flexibility index (Phi) is 4.09. The van der Waals surface area contributed by atoms with Gasteiger partial charge in [0.2, 0.25) is 0 Å². The maximum atomic E-state index is 8.88. The smallest absolute Gasteiger partial charge is 0.143 e. The van der Waals surface area contributed by atoms with Crippen LogP contribution < -0.4 is 10.1 Å². The zero-order chi connectivity index (χ0) is 13.0. The number of nitrogens with one attached hydrogen (secondary N) is 1. The molecule has 0 bridgehead atoms. The Hall–Kier alpha value is -1.69. The summed E-state index contributed by atoms with van der Waals surface area (Å²) in [5.74, 6) is 1.55. The van der Waals surface area contributed by atoms with Gasteiger partial charge in [-0.3, -0.25) is 0 Å². The molecule has 1 aromatic rings. The monoisotopic (exact) mass is 244 g/mol. The molecule has 1 aromatic carbocycles. The molecule has 0 spiro atoms. The molecule has 2 atom stereocenters. The maximum absolute atomic E-state index is 8.88. The normalized spacial score (nSPS) is 23.2. The van der Waals surface area contributed by atoms with E-state index in [2.05, 4.69) is 18.3 Å². The fraction of sp³-hybridized carbons (Fsp3) is 0.533. The van der Waals surface area contributed by atoms with Gasteiger partial charge in [-0.25, -0.2) is 0 Å². The topological polar surface area (TPSA) is 45.0 Å². The van der Waals surface area contributed by atoms with Gasteiger partial charge in [-0.05, 0) is 30.9 Å². The van der Waals surface area contributed by atoms with Crippen LogP contribution in [0.15, 0.2) is 18.2 Å². The second-order valence-electron chi connectivity index (χ2n) is 5.14. The van der Waals surface area contributed by atoms with Gasteiger partial charge in [0.05, 0.1) is 24.4 Å². The van der Waals surface area contributed by atoms with Crippen LogP contribution >= 0.6 is 0 Å². The van der Waals surface area contributed by atoms with Gasteiger partial charge < -0.3 is 10.1 Å². The van der Waals surface area contributed by atoms with Gasteiger partial charge in [-0.2, -0.15) is 5.26 Å². The average Bonchev–Trinajstić information content (AvgIpc) is 2.39. The molecule has 2 unspecified atom stereocenters. The van der Waals surface area contributed by atoms with E-state index in [-0.39, 0.29) is 0 Å². The third kappa shape index (κ3) is 2.95. The molecule has 0 aromatic heterocycles. The molecule has 0 saturated heterocycles. The van der Waals surface area contributed by atoms with Crippen LogP contribution in [0.25, 0.3) is 0 Å². The molecule has 1 N–H and O–H groups in total. The summed E-state index contributed by atoms with van der Waals surface area (Å²) in [6, 6.07) is 8.21. The minimum absolute atomic E-state index is 0.524. The first-order chi connectivity index (χ1) is 8.72. The van der Waals surface area contributed by atoms with E-state index in [1.54, 1.807) is 13.2 Å². The lowest BCUT2D eigenvalue weighted by atomic mass is 9.87. The van der Waals surface area contributed by atoms with Crippen LogP contribution in [0.1, 0.15) is 38.2 Å². The fourth-order valence-corrected chi connectivity index (χ4v) is 2.67. The minimum atomic E-state index is 0.524. The van der Waals surface area contributed by atoms with Crippen molar-refractivity contribution < 1.29 is 4.74 Å². The zero-order valence-corrected chi connectivity index (χ0v) is 11.1. The van der Waals surface area contributed by atoms with Crippen LogP contribution in [-0.4, -0.2) is 13.2 Å². The third-order valence-corrected chi connectivity index (χ3v) is 3.63. The van der Waals surface area contributed by atoms with E-state index in [0.29, 0.717) is 11.6 Å². The third-order valence-electron chi connectivity index (χ3n) is 3.63. The van der Waals surface area contributed by atoms with Crippen LogP contribution in [0.2, 0.25) is 0 Å². The molecule has 0 amide bonds. The Morgan fingerprint density at radius 1 is 1.39 bits per heavy atom. The van der Waals surface area contributed by atoms with Gasteiger partial charge in [0, 0.05) is 12.1 Å². The molecule has 0 aliphatic heterocycles. The molecule has 0 radical (unpaired) electrons. The molecule has 1 saturated carbocycles. The second-order valence-corrected chi connectivity index (χ2v) is 5.14. The minimum Gasteiger partial charge on any atom is -0.495 e. The predicted molar refractivity (Wildman–Crippen MR) is 72.8 cm³/mol. The maximum Gasteiger partial charge on any atom is 0.143 e. The number of benzene rings is 1. The predicted octanol–water partition coefficient (Wildman–Crippen LogP) is 3.56. The highest BCUT2D eigenvalue weighted by Crippen LogP contribution is 2.30. The summed E-state index contributed by atoms with van der Waals surface area (Å²) in [7, 11) is 1.64. The molecule has 3 heteroatoms. The second kappa shape index (κ2) is 5.77. The van der Waals surface area contributed by atoms with Crippen LogP contribution in [-0.2, 0) is 0 Å². The molecule has 1 fully saturated rings. The van der Waals surface area contributed by atoms with E-state index in [1.165, 1.54) is 25.7 Å². The van der Waals surface area contributed by atoms with E-state index in [4.69, 9.17) is 10.00 Å². The number of nitriles is 1. The number of methoxy groups -OCH3 is 1. The molecule has 2 rings (SSSR count). The SMILES string of the molecule is COc1cc(C#N)ccc1NC1CCCC(C)C1. The van der Waals surface area contributed by atoms with Crippen molar-refractivity contribution in [2.45, 2.75) is 38.6 Å². The molecule has 0 heterocycles. The molecular formula is C15H20N2O. The molecule has 1 aliphatic carbocycles. The number of anilines is 1. The van der Waals surface area contributed by atoms with Crippen molar-refractivity contribution in [3.05, 3.63) is 23.8 Å². The Morgan fingerprint density at radius 2 is 2.22 bits per heavy atom. The van der Waals surface area contributed by atoms with Gasteiger partial charge in [0.25, 0.3) is 0 Å². The first-order valence-corrected chi connectivity index (χ1v) is 6.57.